The smallest absolute Gasteiger partial charge is 0.217 e. The van der Waals surface area contributed by atoms with Crippen molar-refractivity contribution in [3.63, 3.8) is 0 Å². The summed E-state index contributed by atoms with van der Waals surface area (Å²) in [6.45, 7) is -0.383. The van der Waals surface area contributed by atoms with Crippen molar-refractivity contribution in [3.05, 3.63) is 0 Å². The summed E-state index contributed by atoms with van der Waals surface area (Å²) in [7, 11) is 0. The largest absolute Gasteiger partial charge is 0.394 e. The molecule has 0 fully saturated rings. The van der Waals surface area contributed by atoms with Crippen LogP contribution in [0.4, 0.5) is 0 Å². The van der Waals surface area contributed by atoms with E-state index in [4.69, 9.17) is 35.7 Å². The molecule has 1 amide bonds. The predicted octanol–water partition coefficient (Wildman–Crippen LogP) is -6.61. The van der Waals surface area contributed by atoms with E-state index in [0.29, 0.717) is 0 Å². The fourth-order valence-electron chi connectivity index (χ4n) is 1.60. The normalized spacial score (nSPS) is 19.8. The molecule has 0 saturated heterocycles. The zero-order valence-corrected chi connectivity index (χ0v) is 14.4. The van der Waals surface area contributed by atoms with Gasteiger partial charge in [-0.15, -0.1) is 0 Å². The lowest BCUT2D eigenvalue weighted by molar-refractivity contribution is -0.136. The average Bonchev–Trinajstić information content (AvgIpc) is 2.67. The summed E-state index contributed by atoms with van der Waals surface area (Å²) in [5.41, 5.74) is 0. The van der Waals surface area contributed by atoms with Gasteiger partial charge in [-0.1, -0.05) is 0 Å². The van der Waals surface area contributed by atoms with Crippen molar-refractivity contribution in [2.75, 3.05) is 13.2 Å². The summed E-state index contributed by atoms with van der Waals surface area (Å²) in [6, 6.07) is -1.32. The van der Waals surface area contributed by atoms with Gasteiger partial charge in [0.05, 0.1) is 13.2 Å². The fraction of sp³-hybridized carbons (Fsp3) is 0.786. The molecule has 13 heteroatoms. The lowest BCUT2D eigenvalue weighted by Crippen LogP contribution is -2.53. The number of aliphatic hydroxyl groups excluding tert-OH is 9. The molecule has 0 bridgehead atoms. The number of hydrogen-bond acceptors (Lipinski definition) is 12. The first-order valence-corrected chi connectivity index (χ1v) is 7.64. The second-order valence-electron chi connectivity index (χ2n) is 5.45. The third-order valence-corrected chi connectivity index (χ3v) is 3.24. The molecule has 0 aliphatic rings. The summed E-state index contributed by atoms with van der Waals surface area (Å²) < 4.78 is 0. The van der Waals surface area contributed by atoms with Crippen LogP contribution in [0.15, 0.2) is 0 Å². The minimum absolute atomic E-state index is 0.0258. The number of aliphatic hydroxyl groups is 9. The molecule has 13 nitrogen and oxygen atoms in total. The van der Waals surface area contributed by atoms with Gasteiger partial charge >= 0.3 is 0 Å². The zero-order chi connectivity index (χ0) is 21.7. The molecule has 0 rings (SSSR count). The molecular weight excluding hydrogens is 374 g/mol. The van der Waals surface area contributed by atoms with E-state index < -0.39 is 67.9 Å². The molecule has 0 unspecified atom stereocenters. The molecule has 0 aromatic heterocycles. The van der Waals surface area contributed by atoms with Crippen LogP contribution in [0.25, 0.3) is 0 Å². The Morgan fingerprint density at radius 1 is 0.778 bits per heavy atom. The number of hydrogen-bond donors (Lipinski definition) is 10. The van der Waals surface area contributed by atoms with E-state index in [1.54, 1.807) is 0 Å². The Morgan fingerprint density at radius 2 is 1.19 bits per heavy atom. The maximum atomic E-state index is 10.6. The van der Waals surface area contributed by atoms with Crippen molar-refractivity contribution in [1.29, 1.82) is 0 Å². The van der Waals surface area contributed by atoms with Gasteiger partial charge in [0, 0.05) is 6.92 Å². The first-order valence-electron chi connectivity index (χ1n) is 7.64. The van der Waals surface area contributed by atoms with E-state index in [1.807, 2.05) is 0 Å². The molecule has 0 aromatic carbocycles. The van der Waals surface area contributed by atoms with Gasteiger partial charge in [0.1, 0.15) is 55.1 Å². The van der Waals surface area contributed by atoms with E-state index in [-0.39, 0.29) is 12.6 Å². The Balaban J connectivity index is 0. The Labute approximate surface area is 154 Å². The van der Waals surface area contributed by atoms with Gasteiger partial charge in [0.25, 0.3) is 0 Å². The molecule has 0 aliphatic heterocycles. The number of rotatable bonds is 11. The van der Waals surface area contributed by atoms with Gasteiger partial charge in [0.2, 0.25) is 5.91 Å². The van der Waals surface area contributed by atoms with Crippen molar-refractivity contribution >= 4 is 18.5 Å². The maximum Gasteiger partial charge on any atom is 0.217 e. The molecule has 0 spiro atoms. The van der Waals surface area contributed by atoms with Crippen LogP contribution in [0.3, 0.4) is 0 Å². The second-order valence-corrected chi connectivity index (χ2v) is 5.45. The van der Waals surface area contributed by atoms with E-state index in [0.717, 1.165) is 6.92 Å². The topological polar surface area (TPSA) is 245 Å². The van der Waals surface area contributed by atoms with Crippen LogP contribution >= 0.6 is 0 Å². The summed E-state index contributed by atoms with van der Waals surface area (Å²) in [6.07, 6.45) is -11.6. The lowest BCUT2D eigenvalue weighted by Gasteiger charge is -2.25. The number of amides is 1. The van der Waals surface area contributed by atoms with Crippen molar-refractivity contribution in [2.24, 2.45) is 0 Å². The number of carbonyl (C=O) groups is 3. The first-order chi connectivity index (χ1) is 12.5. The number of carbonyl (C=O) groups excluding carboxylic acids is 3. The summed E-state index contributed by atoms with van der Waals surface area (Å²) in [5.74, 6) is -0.558. The second kappa shape index (κ2) is 14.5. The molecular formula is C14H27NO12. The molecule has 27 heavy (non-hydrogen) atoms. The lowest BCUT2D eigenvalue weighted by atomic mass is 10.0. The third kappa shape index (κ3) is 10.4. The number of aldehydes is 2. The summed E-state index contributed by atoms with van der Waals surface area (Å²) in [5, 5.41) is 81.7. The van der Waals surface area contributed by atoms with Crippen molar-refractivity contribution in [3.8, 4) is 0 Å². The van der Waals surface area contributed by atoms with Gasteiger partial charge < -0.3 is 60.9 Å². The summed E-state index contributed by atoms with van der Waals surface area (Å²) >= 11 is 0. The van der Waals surface area contributed by atoms with Gasteiger partial charge in [0.15, 0.2) is 6.29 Å². The van der Waals surface area contributed by atoms with Crippen LogP contribution < -0.4 is 5.32 Å². The van der Waals surface area contributed by atoms with E-state index in [1.165, 1.54) is 0 Å². The van der Waals surface area contributed by atoms with Crippen LogP contribution in [0.5, 0.6) is 0 Å². The van der Waals surface area contributed by atoms with E-state index >= 15 is 0 Å². The van der Waals surface area contributed by atoms with E-state index in [9.17, 15) is 24.6 Å². The van der Waals surface area contributed by atoms with Crippen LogP contribution in [0, 0.1) is 0 Å². The molecule has 8 atom stereocenters. The standard InChI is InChI=1S/C8H15NO6.C6H12O6/c1-4(12)9-5(2-10)7(14)8(15)6(13)3-11;7-1-3(9)5(11)6(12)4(10)2-8/h2,5-8,11,13-15H,3H2,1H3,(H,9,12);1,3-6,8-12H,2H2/t5-,6+,7+,8+;3-,4-,5-,6-/m01/s1. The minimum atomic E-state index is -1.79. The molecule has 160 valence electrons. The molecule has 0 aromatic rings. The Kier molecular flexibility index (Phi) is 14.9. The highest BCUT2D eigenvalue weighted by molar-refractivity contribution is 5.77. The molecule has 0 saturated carbocycles. The van der Waals surface area contributed by atoms with Crippen LogP contribution in [0.1, 0.15) is 6.92 Å². The van der Waals surface area contributed by atoms with Crippen molar-refractivity contribution in [1.82, 2.24) is 5.32 Å². The van der Waals surface area contributed by atoms with Gasteiger partial charge in [-0.05, 0) is 0 Å². The molecule has 10 N–H and O–H groups in total. The average molecular weight is 401 g/mol. The maximum absolute atomic E-state index is 10.6. The molecule has 0 heterocycles. The fourth-order valence-corrected chi connectivity index (χ4v) is 1.60. The van der Waals surface area contributed by atoms with Gasteiger partial charge in [-0.3, -0.25) is 4.79 Å². The van der Waals surface area contributed by atoms with Crippen molar-refractivity contribution in [2.45, 2.75) is 55.7 Å². The third-order valence-electron chi connectivity index (χ3n) is 3.24. The summed E-state index contributed by atoms with van der Waals surface area (Å²) in [4.78, 5) is 31.0. The highest BCUT2D eigenvalue weighted by Crippen LogP contribution is 2.04. The Bertz CT molecular complexity index is 436. The van der Waals surface area contributed by atoms with Crippen LogP contribution in [0.2, 0.25) is 0 Å². The zero-order valence-electron chi connectivity index (χ0n) is 14.4. The Morgan fingerprint density at radius 3 is 1.48 bits per heavy atom. The highest BCUT2D eigenvalue weighted by atomic mass is 16.4. The van der Waals surface area contributed by atoms with Gasteiger partial charge in [-0.2, -0.15) is 0 Å². The monoisotopic (exact) mass is 401 g/mol. The first kappa shape index (κ1) is 27.7. The Hall–Kier alpha value is -1.55. The van der Waals surface area contributed by atoms with Crippen molar-refractivity contribution < 1.29 is 60.3 Å². The molecule has 0 radical (unpaired) electrons. The molecule has 0 aliphatic carbocycles. The quantitative estimate of drug-likeness (QED) is 0.145. The van der Waals surface area contributed by atoms with E-state index in [2.05, 4.69) is 5.32 Å². The van der Waals surface area contributed by atoms with Crippen LogP contribution in [-0.2, 0) is 14.4 Å². The van der Waals surface area contributed by atoms with Gasteiger partial charge in [-0.25, -0.2) is 0 Å². The predicted molar refractivity (Wildman–Crippen MR) is 86.0 cm³/mol. The SMILES string of the molecule is CC(=O)N[C@@H](C=O)[C@@H](O)[C@H](O)[C@H](O)CO.O=C[C@@H](O)[C@@H](O)[C@H](O)[C@H](O)CO. The minimum Gasteiger partial charge on any atom is -0.394 e. The number of nitrogens with one attached hydrogen (secondary N) is 1. The van der Waals surface area contributed by atoms with Crippen LogP contribution in [-0.4, -0.2) is 126 Å². The highest BCUT2D eigenvalue weighted by Gasteiger charge is 2.31.